The molecule has 1 N–H and O–H groups in total. The second kappa shape index (κ2) is 7.73. The number of hydrazone groups is 1. The zero-order valence-electron chi connectivity index (χ0n) is 13.1. The summed E-state index contributed by atoms with van der Waals surface area (Å²) in [5.74, 6) is 0.623. The van der Waals surface area contributed by atoms with Crippen molar-refractivity contribution < 1.29 is 19.2 Å². The molecule has 0 saturated carbocycles. The van der Waals surface area contributed by atoms with Crippen LogP contribution in [0.1, 0.15) is 15.9 Å². The molecule has 0 aliphatic rings. The molecular weight excluding hydrogens is 314 g/mol. The van der Waals surface area contributed by atoms with Gasteiger partial charge in [0.05, 0.1) is 25.4 Å². The summed E-state index contributed by atoms with van der Waals surface area (Å²) in [5.41, 5.74) is 3.03. The maximum absolute atomic E-state index is 12.0. The van der Waals surface area contributed by atoms with Crippen LogP contribution in [0.25, 0.3) is 0 Å². The van der Waals surface area contributed by atoms with Crippen molar-refractivity contribution in [1.29, 1.82) is 0 Å². The molecule has 0 aliphatic carbocycles. The van der Waals surface area contributed by atoms with E-state index < -0.39 is 10.8 Å². The van der Waals surface area contributed by atoms with Crippen molar-refractivity contribution in [2.24, 2.45) is 5.10 Å². The van der Waals surface area contributed by atoms with Crippen LogP contribution in [0.2, 0.25) is 0 Å². The smallest absolute Gasteiger partial charge is 0.271 e. The van der Waals surface area contributed by atoms with E-state index in [4.69, 9.17) is 9.47 Å². The molecule has 2 aromatic rings. The number of carbonyl (C=O) groups is 1. The lowest BCUT2D eigenvalue weighted by Gasteiger charge is -2.04. The molecule has 1 amide bonds. The maximum Gasteiger partial charge on any atom is 0.271 e. The molecule has 0 unspecified atom stereocenters. The first-order chi connectivity index (χ1) is 11.5. The van der Waals surface area contributed by atoms with Crippen LogP contribution < -0.4 is 14.9 Å². The Balaban J connectivity index is 2.11. The van der Waals surface area contributed by atoms with E-state index in [1.807, 2.05) is 0 Å². The van der Waals surface area contributed by atoms with Crippen molar-refractivity contribution in [3.8, 4) is 11.5 Å². The van der Waals surface area contributed by atoms with Gasteiger partial charge >= 0.3 is 0 Å². The van der Waals surface area contributed by atoms with Gasteiger partial charge in [0.15, 0.2) is 0 Å². The average Bonchev–Trinajstić information content (AvgIpc) is 2.61. The second-order valence-electron chi connectivity index (χ2n) is 4.61. The summed E-state index contributed by atoms with van der Waals surface area (Å²) in [7, 11) is 2.97. The summed E-state index contributed by atoms with van der Waals surface area (Å²) >= 11 is 0. The lowest BCUT2D eigenvalue weighted by atomic mass is 10.2. The standard InChI is InChI=1S/C16H15N3O5/c1-23-14-6-3-11(4-7-14)16(20)18-17-10-12-9-13(19(21)22)5-8-15(12)24-2/h3-10H,1-2H3,(H,18,20)/b17-10-. The van der Waals surface area contributed by atoms with Crippen LogP contribution >= 0.6 is 0 Å². The van der Waals surface area contributed by atoms with Gasteiger partial charge in [-0.3, -0.25) is 14.9 Å². The highest BCUT2D eigenvalue weighted by atomic mass is 16.6. The van der Waals surface area contributed by atoms with Crippen LogP contribution in [0, 0.1) is 10.1 Å². The molecule has 0 atom stereocenters. The van der Waals surface area contributed by atoms with E-state index in [0.717, 1.165) is 0 Å². The third-order valence-electron chi connectivity index (χ3n) is 3.15. The van der Waals surface area contributed by atoms with Gasteiger partial charge in [-0.15, -0.1) is 0 Å². The number of nitro benzene ring substituents is 1. The molecule has 0 spiro atoms. The summed E-state index contributed by atoms with van der Waals surface area (Å²) in [5, 5.41) is 14.6. The van der Waals surface area contributed by atoms with Crippen LogP contribution in [0.5, 0.6) is 11.5 Å². The predicted octanol–water partition coefficient (Wildman–Crippen LogP) is 2.38. The number of nitrogens with one attached hydrogen (secondary N) is 1. The fourth-order valence-corrected chi connectivity index (χ4v) is 1.90. The topological polar surface area (TPSA) is 103 Å². The van der Waals surface area contributed by atoms with Crippen LogP contribution in [0.4, 0.5) is 5.69 Å². The molecule has 2 aromatic carbocycles. The van der Waals surface area contributed by atoms with Crippen LogP contribution in [-0.4, -0.2) is 31.3 Å². The Labute approximate surface area is 137 Å². The van der Waals surface area contributed by atoms with Gasteiger partial charge in [0, 0.05) is 23.3 Å². The number of ether oxygens (including phenoxy) is 2. The summed E-state index contributed by atoms with van der Waals surface area (Å²) in [6.45, 7) is 0. The van der Waals surface area contributed by atoms with Crippen molar-refractivity contribution in [3.05, 3.63) is 63.7 Å². The molecule has 0 aliphatic heterocycles. The fraction of sp³-hybridized carbons (Fsp3) is 0.125. The van der Waals surface area contributed by atoms with Gasteiger partial charge in [0.25, 0.3) is 11.6 Å². The molecule has 0 heterocycles. The zero-order chi connectivity index (χ0) is 17.5. The number of nitro groups is 1. The van der Waals surface area contributed by atoms with Crippen molar-refractivity contribution >= 4 is 17.8 Å². The van der Waals surface area contributed by atoms with Crippen molar-refractivity contribution in [2.45, 2.75) is 0 Å². The molecule has 8 heteroatoms. The van der Waals surface area contributed by atoms with Gasteiger partial charge in [-0.1, -0.05) is 0 Å². The molecule has 0 fully saturated rings. The number of amides is 1. The largest absolute Gasteiger partial charge is 0.497 e. The van der Waals surface area contributed by atoms with E-state index in [9.17, 15) is 14.9 Å². The van der Waals surface area contributed by atoms with Crippen LogP contribution in [0.15, 0.2) is 47.6 Å². The first kappa shape index (κ1) is 16.9. The Morgan fingerprint density at radius 2 is 1.88 bits per heavy atom. The van der Waals surface area contributed by atoms with Gasteiger partial charge in [-0.2, -0.15) is 5.10 Å². The number of non-ortho nitro benzene ring substituents is 1. The quantitative estimate of drug-likeness (QED) is 0.498. The SMILES string of the molecule is COc1ccc(C(=O)N/N=C\c2cc([N+](=O)[O-])ccc2OC)cc1. The van der Waals surface area contributed by atoms with Crippen molar-refractivity contribution in [2.75, 3.05) is 14.2 Å². The molecule has 2 rings (SSSR count). The second-order valence-corrected chi connectivity index (χ2v) is 4.61. The molecule has 0 bridgehead atoms. The molecule has 0 aromatic heterocycles. The normalized spacial score (nSPS) is 10.4. The van der Waals surface area contributed by atoms with E-state index in [-0.39, 0.29) is 5.69 Å². The number of nitrogens with zero attached hydrogens (tertiary/aromatic N) is 2. The number of hydrogen-bond acceptors (Lipinski definition) is 6. The molecule has 124 valence electrons. The number of hydrogen-bond donors (Lipinski definition) is 1. The monoisotopic (exact) mass is 329 g/mol. The third-order valence-corrected chi connectivity index (χ3v) is 3.15. The van der Waals surface area contributed by atoms with E-state index >= 15 is 0 Å². The molecular formula is C16H15N3O5. The summed E-state index contributed by atoms with van der Waals surface area (Å²) in [6.07, 6.45) is 1.28. The molecule has 0 radical (unpaired) electrons. The van der Waals surface area contributed by atoms with E-state index in [0.29, 0.717) is 22.6 Å². The number of rotatable bonds is 6. The minimum atomic E-state index is -0.521. The Bertz CT molecular complexity index is 772. The third kappa shape index (κ3) is 4.07. The summed E-state index contributed by atoms with van der Waals surface area (Å²) < 4.78 is 10.1. The summed E-state index contributed by atoms with van der Waals surface area (Å²) in [6, 6.07) is 10.6. The van der Waals surface area contributed by atoms with E-state index in [1.54, 1.807) is 24.3 Å². The van der Waals surface area contributed by atoms with E-state index in [1.165, 1.54) is 38.6 Å². The predicted molar refractivity (Wildman–Crippen MR) is 87.7 cm³/mol. The highest BCUT2D eigenvalue weighted by Crippen LogP contribution is 2.22. The highest BCUT2D eigenvalue weighted by molar-refractivity contribution is 5.95. The lowest BCUT2D eigenvalue weighted by molar-refractivity contribution is -0.384. The zero-order valence-corrected chi connectivity index (χ0v) is 13.1. The van der Waals surface area contributed by atoms with Gasteiger partial charge in [0.2, 0.25) is 0 Å². The minimum absolute atomic E-state index is 0.0984. The van der Waals surface area contributed by atoms with Crippen molar-refractivity contribution in [3.63, 3.8) is 0 Å². The Kier molecular flexibility index (Phi) is 5.45. The number of benzene rings is 2. The van der Waals surface area contributed by atoms with E-state index in [2.05, 4.69) is 10.5 Å². The first-order valence-electron chi connectivity index (χ1n) is 6.85. The first-order valence-corrected chi connectivity index (χ1v) is 6.85. The average molecular weight is 329 g/mol. The number of carbonyl (C=O) groups excluding carboxylic acids is 1. The highest BCUT2D eigenvalue weighted by Gasteiger charge is 2.10. The van der Waals surface area contributed by atoms with Crippen LogP contribution in [-0.2, 0) is 0 Å². The Morgan fingerprint density at radius 1 is 1.17 bits per heavy atom. The lowest BCUT2D eigenvalue weighted by Crippen LogP contribution is -2.17. The minimum Gasteiger partial charge on any atom is -0.497 e. The Hall–Kier alpha value is -3.42. The van der Waals surface area contributed by atoms with Gasteiger partial charge in [-0.05, 0) is 30.3 Å². The Morgan fingerprint density at radius 3 is 2.46 bits per heavy atom. The number of methoxy groups -OCH3 is 2. The fourth-order valence-electron chi connectivity index (χ4n) is 1.90. The molecule has 0 saturated heterocycles. The van der Waals surface area contributed by atoms with Gasteiger partial charge < -0.3 is 9.47 Å². The van der Waals surface area contributed by atoms with Gasteiger partial charge in [-0.25, -0.2) is 5.43 Å². The van der Waals surface area contributed by atoms with Crippen LogP contribution in [0.3, 0.4) is 0 Å². The van der Waals surface area contributed by atoms with Gasteiger partial charge in [0.1, 0.15) is 11.5 Å². The molecule has 24 heavy (non-hydrogen) atoms. The summed E-state index contributed by atoms with van der Waals surface area (Å²) in [4.78, 5) is 22.3. The van der Waals surface area contributed by atoms with Crippen molar-refractivity contribution in [1.82, 2.24) is 5.43 Å². The maximum atomic E-state index is 12.0. The molecule has 8 nitrogen and oxygen atoms in total.